The maximum absolute atomic E-state index is 12.1. The van der Waals surface area contributed by atoms with Crippen LogP contribution in [0, 0.1) is 0 Å². The molecule has 2 aromatic carbocycles. The minimum absolute atomic E-state index is 0.0994. The Labute approximate surface area is 182 Å². The van der Waals surface area contributed by atoms with Crippen molar-refractivity contribution >= 4 is 5.97 Å². The first-order valence-electron chi connectivity index (χ1n) is 11.7. The second-order valence-electron chi connectivity index (χ2n) is 8.00. The number of benzene rings is 2. The quantitative estimate of drug-likeness (QED) is 0.235. The Morgan fingerprint density at radius 3 is 1.97 bits per heavy atom. The molecule has 0 radical (unpaired) electrons. The number of hydrogen-bond acceptors (Lipinski definition) is 3. The Morgan fingerprint density at radius 2 is 1.33 bits per heavy atom. The standard InChI is InChI=1S/C27H38O3/c1-4-6-8-9-10-12-27(28)30-22(3)23-13-15-24(16-14-23)25-17-19-26(20-18-25)29-21-11-7-5-2/h13-20,22H,4-12,21H2,1-3H3. The van der Waals surface area contributed by atoms with E-state index < -0.39 is 0 Å². The van der Waals surface area contributed by atoms with Crippen LogP contribution in [0.5, 0.6) is 5.75 Å². The van der Waals surface area contributed by atoms with Crippen molar-refractivity contribution in [2.24, 2.45) is 0 Å². The molecule has 0 fully saturated rings. The summed E-state index contributed by atoms with van der Waals surface area (Å²) >= 11 is 0. The van der Waals surface area contributed by atoms with E-state index in [1.54, 1.807) is 0 Å². The molecule has 164 valence electrons. The third-order valence-electron chi connectivity index (χ3n) is 5.38. The maximum Gasteiger partial charge on any atom is 0.306 e. The van der Waals surface area contributed by atoms with E-state index in [9.17, 15) is 4.79 Å². The monoisotopic (exact) mass is 410 g/mol. The highest BCUT2D eigenvalue weighted by Gasteiger charge is 2.12. The van der Waals surface area contributed by atoms with E-state index in [0.29, 0.717) is 6.42 Å². The summed E-state index contributed by atoms with van der Waals surface area (Å²) in [5.41, 5.74) is 3.32. The fourth-order valence-electron chi connectivity index (χ4n) is 3.43. The topological polar surface area (TPSA) is 35.5 Å². The van der Waals surface area contributed by atoms with Crippen molar-refractivity contribution in [1.29, 1.82) is 0 Å². The molecule has 1 atom stereocenters. The van der Waals surface area contributed by atoms with Crippen LogP contribution in [0.4, 0.5) is 0 Å². The molecule has 0 aliphatic heterocycles. The SMILES string of the molecule is CCCCCCCC(=O)OC(C)c1ccc(-c2ccc(OCCCCC)cc2)cc1. The Balaban J connectivity index is 1.81. The van der Waals surface area contributed by atoms with Crippen LogP contribution in [0.2, 0.25) is 0 Å². The van der Waals surface area contributed by atoms with Crippen molar-refractivity contribution < 1.29 is 14.3 Å². The molecular weight excluding hydrogens is 372 g/mol. The third kappa shape index (κ3) is 8.61. The van der Waals surface area contributed by atoms with E-state index in [-0.39, 0.29) is 12.1 Å². The number of rotatable bonds is 14. The fourth-order valence-corrected chi connectivity index (χ4v) is 3.43. The molecule has 2 rings (SSSR count). The molecular formula is C27H38O3. The first kappa shape index (κ1) is 24.0. The average molecular weight is 411 g/mol. The van der Waals surface area contributed by atoms with Crippen LogP contribution in [0.3, 0.4) is 0 Å². The zero-order valence-electron chi connectivity index (χ0n) is 19.0. The third-order valence-corrected chi connectivity index (χ3v) is 5.38. The second kappa shape index (κ2) is 13.8. The number of carbonyl (C=O) groups excluding carboxylic acids is 1. The van der Waals surface area contributed by atoms with Crippen LogP contribution < -0.4 is 4.74 Å². The zero-order valence-corrected chi connectivity index (χ0v) is 19.0. The lowest BCUT2D eigenvalue weighted by atomic mass is 10.0. The highest BCUT2D eigenvalue weighted by molar-refractivity contribution is 5.69. The molecule has 3 nitrogen and oxygen atoms in total. The van der Waals surface area contributed by atoms with Crippen molar-refractivity contribution in [1.82, 2.24) is 0 Å². The summed E-state index contributed by atoms with van der Waals surface area (Å²) in [5.74, 6) is 0.819. The maximum atomic E-state index is 12.1. The van der Waals surface area contributed by atoms with Crippen LogP contribution in [0.15, 0.2) is 48.5 Å². The van der Waals surface area contributed by atoms with Gasteiger partial charge in [0.05, 0.1) is 6.61 Å². The molecule has 0 bridgehead atoms. The van der Waals surface area contributed by atoms with Crippen molar-refractivity contribution in [3.63, 3.8) is 0 Å². The number of hydrogen-bond donors (Lipinski definition) is 0. The van der Waals surface area contributed by atoms with E-state index in [1.165, 1.54) is 32.1 Å². The van der Waals surface area contributed by atoms with Gasteiger partial charge in [0, 0.05) is 6.42 Å². The smallest absolute Gasteiger partial charge is 0.306 e. The van der Waals surface area contributed by atoms with Gasteiger partial charge in [0.2, 0.25) is 0 Å². The molecule has 0 amide bonds. The Bertz CT molecular complexity index is 719. The number of carbonyl (C=O) groups is 1. The molecule has 0 aliphatic rings. The predicted octanol–water partition coefficient (Wildman–Crippen LogP) is 7.89. The fraction of sp³-hybridized carbons (Fsp3) is 0.519. The van der Waals surface area contributed by atoms with Crippen molar-refractivity contribution in [3.8, 4) is 16.9 Å². The molecule has 0 N–H and O–H groups in total. The summed E-state index contributed by atoms with van der Waals surface area (Å²) in [6.45, 7) is 7.10. The minimum Gasteiger partial charge on any atom is -0.494 e. The first-order chi connectivity index (χ1) is 14.6. The molecule has 0 heterocycles. The van der Waals surface area contributed by atoms with Gasteiger partial charge >= 0.3 is 5.97 Å². The average Bonchev–Trinajstić information content (AvgIpc) is 2.77. The van der Waals surface area contributed by atoms with Gasteiger partial charge in [0.1, 0.15) is 11.9 Å². The van der Waals surface area contributed by atoms with Gasteiger partial charge in [-0.25, -0.2) is 0 Å². The first-order valence-corrected chi connectivity index (χ1v) is 11.7. The Kier molecular flexibility index (Phi) is 11.1. The van der Waals surface area contributed by atoms with Gasteiger partial charge in [0.15, 0.2) is 0 Å². The van der Waals surface area contributed by atoms with E-state index in [4.69, 9.17) is 9.47 Å². The summed E-state index contributed by atoms with van der Waals surface area (Å²) in [6.07, 6.45) is 9.48. The van der Waals surface area contributed by atoms with Crippen LogP contribution in [-0.2, 0) is 9.53 Å². The minimum atomic E-state index is -0.221. The molecule has 30 heavy (non-hydrogen) atoms. The summed E-state index contributed by atoms with van der Waals surface area (Å²) < 4.78 is 11.4. The van der Waals surface area contributed by atoms with Gasteiger partial charge in [-0.1, -0.05) is 88.8 Å². The van der Waals surface area contributed by atoms with Gasteiger partial charge < -0.3 is 9.47 Å². The largest absolute Gasteiger partial charge is 0.494 e. The summed E-state index contributed by atoms with van der Waals surface area (Å²) in [7, 11) is 0. The molecule has 2 aromatic rings. The van der Waals surface area contributed by atoms with Crippen molar-refractivity contribution in [2.45, 2.75) is 84.7 Å². The lowest BCUT2D eigenvalue weighted by Gasteiger charge is -2.14. The highest BCUT2D eigenvalue weighted by Crippen LogP contribution is 2.25. The highest BCUT2D eigenvalue weighted by atomic mass is 16.5. The van der Waals surface area contributed by atoms with Gasteiger partial charge in [0.25, 0.3) is 0 Å². The normalized spacial score (nSPS) is 11.8. The van der Waals surface area contributed by atoms with E-state index in [1.807, 2.05) is 31.2 Å². The summed E-state index contributed by atoms with van der Waals surface area (Å²) in [6, 6.07) is 16.5. The summed E-state index contributed by atoms with van der Waals surface area (Å²) in [5, 5.41) is 0. The Hall–Kier alpha value is -2.29. The number of ether oxygens (including phenoxy) is 2. The predicted molar refractivity (Wildman–Crippen MR) is 125 cm³/mol. The van der Waals surface area contributed by atoms with E-state index in [2.05, 4.69) is 38.1 Å². The van der Waals surface area contributed by atoms with E-state index in [0.717, 1.165) is 48.3 Å². The van der Waals surface area contributed by atoms with Crippen LogP contribution >= 0.6 is 0 Å². The molecule has 0 spiro atoms. The van der Waals surface area contributed by atoms with Crippen molar-refractivity contribution in [3.05, 3.63) is 54.1 Å². The van der Waals surface area contributed by atoms with Gasteiger partial charge in [-0.05, 0) is 48.6 Å². The van der Waals surface area contributed by atoms with Gasteiger partial charge in [-0.3, -0.25) is 4.79 Å². The Morgan fingerprint density at radius 1 is 0.767 bits per heavy atom. The summed E-state index contributed by atoms with van der Waals surface area (Å²) in [4.78, 5) is 12.1. The molecule has 0 aliphatic carbocycles. The lowest BCUT2D eigenvalue weighted by molar-refractivity contribution is -0.148. The lowest BCUT2D eigenvalue weighted by Crippen LogP contribution is -2.08. The molecule has 1 unspecified atom stereocenters. The molecule has 3 heteroatoms. The molecule has 0 saturated carbocycles. The zero-order chi connectivity index (χ0) is 21.6. The second-order valence-corrected chi connectivity index (χ2v) is 8.00. The van der Waals surface area contributed by atoms with Crippen molar-refractivity contribution in [2.75, 3.05) is 6.61 Å². The molecule has 0 aromatic heterocycles. The molecule has 0 saturated heterocycles. The van der Waals surface area contributed by atoms with Gasteiger partial charge in [-0.15, -0.1) is 0 Å². The van der Waals surface area contributed by atoms with Crippen LogP contribution in [0.25, 0.3) is 11.1 Å². The van der Waals surface area contributed by atoms with Crippen LogP contribution in [0.1, 0.15) is 90.2 Å². The van der Waals surface area contributed by atoms with Gasteiger partial charge in [-0.2, -0.15) is 0 Å². The van der Waals surface area contributed by atoms with Crippen LogP contribution in [-0.4, -0.2) is 12.6 Å². The number of unbranched alkanes of at least 4 members (excludes halogenated alkanes) is 6. The number of esters is 1. The van der Waals surface area contributed by atoms with E-state index >= 15 is 0 Å².